The van der Waals surface area contributed by atoms with Crippen molar-refractivity contribution in [2.45, 2.75) is 20.8 Å². The highest BCUT2D eigenvalue weighted by Crippen LogP contribution is 2.26. The molecule has 2 N–H and O–H groups in total. The largest absolute Gasteiger partial charge is 0.372 e. The molecule has 30 heavy (non-hydrogen) atoms. The van der Waals surface area contributed by atoms with Crippen LogP contribution in [0.25, 0.3) is 10.9 Å². The number of rotatable bonds is 7. The van der Waals surface area contributed by atoms with Crippen LogP contribution in [0.5, 0.6) is 0 Å². The van der Waals surface area contributed by atoms with Crippen molar-refractivity contribution < 1.29 is 0 Å². The van der Waals surface area contributed by atoms with Crippen molar-refractivity contribution in [3.63, 3.8) is 0 Å². The number of benzene rings is 2. The maximum Gasteiger partial charge on any atom is 0.249 e. The third-order valence-corrected chi connectivity index (χ3v) is 5.04. The van der Waals surface area contributed by atoms with Crippen LogP contribution in [0.4, 0.5) is 28.8 Å². The zero-order chi connectivity index (χ0) is 20.9. The molecule has 152 valence electrons. The van der Waals surface area contributed by atoms with Gasteiger partial charge in [0.05, 0.1) is 17.4 Å². The first-order valence-electron chi connectivity index (χ1n) is 10.1. The molecule has 0 amide bonds. The van der Waals surface area contributed by atoms with Gasteiger partial charge in [0.25, 0.3) is 0 Å². The molecular formula is C23H25N7. The Kier molecular flexibility index (Phi) is 5.70. The standard InChI is InChI=1S/C23H25N7/c1-4-30(5-2)18-11-12-19(16(3)14-18)27-23-28-21(15-25-29-23)26-20-10-6-8-17-9-7-13-24-22(17)20/h6-15H,4-5H2,1-3H3,(H2,26,27,28,29). The van der Waals surface area contributed by atoms with Gasteiger partial charge in [0.1, 0.15) is 0 Å². The van der Waals surface area contributed by atoms with Gasteiger partial charge in [0.2, 0.25) is 5.95 Å². The topological polar surface area (TPSA) is 78.9 Å². The predicted octanol–water partition coefficient (Wildman–Crippen LogP) is 5.06. The molecule has 2 heterocycles. The Hall–Kier alpha value is -3.74. The minimum absolute atomic E-state index is 0.437. The van der Waals surface area contributed by atoms with E-state index in [0.717, 1.165) is 40.9 Å². The molecule has 0 aliphatic carbocycles. The molecule has 0 saturated heterocycles. The van der Waals surface area contributed by atoms with E-state index in [1.54, 1.807) is 12.4 Å². The van der Waals surface area contributed by atoms with Gasteiger partial charge in [-0.3, -0.25) is 4.98 Å². The lowest BCUT2D eigenvalue weighted by Gasteiger charge is -2.22. The zero-order valence-electron chi connectivity index (χ0n) is 17.4. The maximum absolute atomic E-state index is 4.57. The van der Waals surface area contributed by atoms with Crippen LogP contribution >= 0.6 is 0 Å². The molecule has 0 radical (unpaired) electrons. The molecule has 0 saturated carbocycles. The van der Waals surface area contributed by atoms with Crippen molar-refractivity contribution in [1.82, 2.24) is 20.2 Å². The zero-order valence-corrected chi connectivity index (χ0v) is 17.4. The van der Waals surface area contributed by atoms with Crippen LogP contribution in [-0.2, 0) is 0 Å². The van der Waals surface area contributed by atoms with Crippen molar-refractivity contribution >= 4 is 39.7 Å². The van der Waals surface area contributed by atoms with Gasteiger partial charge in [-0.15, -0.1) is 5.10 Å². The van der Waals surface area contributed by atoms with E-state index in [0.29, 0.717) is 11.8 Å². The Labute approximate surface area is 176 Å². The Morgan fingerprint density at radius 3 is 2.57 bits per heavy atom. The molecule has 0 fully saturated rings. The van der Waals surface area contributed by atoms with Crippen molar-refractivity contribution in [3.8, 4) is 0 Å². The highest BCUT2D eigenvalue weighted by Gasteiger charge is 2.08. The van der Waals surface area contributed by atoms with E-state index in [9.17, 15) is 0 Å². The van der Waals surface area contributed by atoms with E-state index in [1.165, 1.54) is 5.69 Å². The van der Waals surface area contributed by atoms with Gasteiger partial charge in [-0.05, 0) is 56.7 Å². The van der Waals surface area contributed by atoms with E-state index < -0.39 is 0 Å². The second kappa shape index (κ2) is 8.73. The summed E-state index contributed by atoms with van der Waals surface area (Å²) >= 11 is 0. The minimum atomic E-state index is 0.437. The van der Waals surface area contributed by atoms with Gasteiger partial charge < -0.3 is 15.5 Å². The van der Waals surface area contributed by atoms with Crippen molar-refractivity contribution in [2.24, 2.45) is 0 Å². The number of para-hydroxylation sites is 1. The van der Waals surface area contributed by atoms with Gasteiger partial charge in [-0.1, -0.05) is 18.2 Å². The molecule has 4 aromatic rings. The van der Waals surface area contributed by atoms with E-state index in [4.69, 9.17) is 0 Å². The summed E-state index contributed by atoms with van der Waals surface area (Å²) in [5.41, 5.74) is 5.05. The summed E-state index contributed by atoms with van der Waals surface area (Å²) in [6, 6.07) is 16.3. The number of pyridine rings is 1. The molecule has 0 aliphatic heterocycles. The summed E-state index contributed by atoms with van der Waals surface area (Å²) in [6.07, 6.45) is 3.38. The van der Waals surface area contributed by atoms with E-state index in [2.05, 4.69) is 74.7 Å². The lowest BCUT2D eigenvalue weighted by molar-refractivity contribution is 0.865. The first-order valence-corrected chi connectivity index (χ1v) is 10.1. The van der Waals surface area contributed by atoms with Crippen molar-refractivity contribution in [3.05, 3.63) is 66.5 Å². The number of fused-ring (bicyclic) bond motifs is 1. The van der Waals surface area contributed by atoms with Crippen LogP contribution in [-0.4, -0.2) is 33.3 Å². The van der Waals surface area contributed by atoms with E-state index in [1.807, 2.05) is 30.3 Å². The number of anilines is 5. The lowest BCUT2D eigenvalue weighted by atomic mass is 10.1. The van der Waals surface area contributed by atoms with Gasteiger partial charge in [-0.25, -0.2) is 0 Å². The van der Waals surface area contributed by atoms with Crippen LogP contribution in [0.3, 0.4) is 0 Å². The average molecular weight is 400 g/mol. The van der Waals surface area contributed by atoms with Crippen LogP contribution < -0.4 is 15.5 Å². The lowest BCUT2D eigenvalue weighted by Crippen LogP contribution is -2.21. The molecule has 0 spiro atoms. The van der Waals surface area contributed by atoms with Gasteiger partial charge >= 0.3 is 0 Å². The summed E-state index contributed by atoms with van der Waals surface area (Å²) in [5.74, 6) is 1.04. The van der Waals surface area contributed by atoms with Gasteiger partial charge in [-0.2, -0.15) is 10.1 Å². The molecule has 0 unspecified atom stereocenters. The fourth-order valence-corrected chi connectivity index (χ4v) is 3.45. The molecule has 0 aliphatic rings. The first-order chi connectivity index (χ1) is 14.7. The van der Waals surface area contributed by atoms with Crippen LogP contribution in [0, 0.1) is 6.92 Å². The monoisotopic (exact) mass is 399 g/mol. The molecule has 2 aromatic carbocycles. The highest BCUT2D eigenvalue weighted by atomic mass is 15.3. The number of hydrogen-bond acceptors (Lipinski definition) is 7. The third-order valence-electron chi connectivity index (χ3n) is 5.04. The second-order valence-corrected chi connectivity index (χ2v) is 6.97. The minimum Gasteiger partial charge on any atom is -0.372 e. The van der Waals surface area contributed by atoms with E-state index in [-0.39, 0.29) is 0 Å². The molecule has 7 nitrogen and oxygen atoms in total. The molecule has 0 atom stereocenters. The highest BCUT2D eigenvalue weighted by molar-refractivity contribution is 5.91. The van der Waals surface area contributed by atoms with Crippen LogP contribution in [0.2, 0.25) is 0 Å². The normalized spacial score (nSPS) is 10.8. The summed E-state index contributed by atoms with van der Waals surface area (Å²) in [7, 11) is 0. The fraction of sp³-hybridized carbons (Fsp3) is 0.217. The van der Waals surface area contributed by atoms with Gasteiger partial charge in [0, 0.05) is 36.0 Å². The summed E-state index contributed by atoms with van der Waals surface area (Å²) < 4.78 is 0. The molecule has 4 rings (SSSR count). The molecule has 2 aromatic heterocycles. The summed E-state index contributed by atoms with van der Waals surface area (Å²) in [5, 5.41) is 15.9. The SMILES string of the molecule is CCN(CC)c1ccc(Nc2nncc(Nc3cccc4cccnc34)n2)c(C)c1. The number of nitrogens with zero attached hydrogens (tertiary/aromatic N) is 5. The quantitative estimate of drug-likeness (QED) is 0.449. The molecule has 0 bridgehead atoms. The number of aromatic nitrogens is 4. The number of aryl methyl sites for hydroxylation is 1. The van der Waals surface area contributed by atoms with Crippen LogP contribution in [0.15, 0.2) is 60.9 Å². The Morgan fingerprint density at radius 2 is 1.77 bits per heavy atom. The number of nitrogens with one attached hydrogen (secondary N) is 2. The number of hydrogen-bond donors (Lipinski definition) is 2. The smallest absolute Gasteiger partial charge is 0.249 e. The average Bonchev–Trinajstić information content (AvgIpc) is 2.77. The summed E-state index contributed by atoms with van der Waals surface area (Å²) in [6.45, 7) is 8.36. The Bertz CT molecular complexity index is 1150. The predicted molar refractivity (Wildman–Crippen MR) is 123 cm³/mol. The summed E-state index contributed by atoms with van der Waals surface area (Å²) in [4.78, 5) is 11.4. The van der Waals surface area contributed by atoms with Gasteiger partial charge in [0.15, 0.2) is 5.82 Å². The van der Waals surface area contributed by atoms with Crippen molar-refractivity contribution in [2.75, 3.05) is 28.6 Å². The molecular weight excluding hydrogens is 374 g/mol. The fourth-order valence-electron chi connectivity index (χ4n) is 3.45. The first kappa shape index (κ1) is 19.6. The third kappa shape index (κ3) is 4.15. The van der Waals surface area contributed by atoms with E-state index >= 15 is 0 Å². The Balaban J connectivity index is 1.55. The molecule has 7 heteroatoms. The van der Waals surface area contributed by atoms with Crippen molar-refractivity contribution in [1.29, 1.82) is 0 Å². The van der Waals surface area contributed by atoms with Crippen LogP contribution in [0.1, 0.15) is 19.4 Å². The second-order valence-electron chi connectivity index (χ2n) is 6.97. The maximum atomic E-state index is 4.57. The Morgan fingerprint density at radius 1 is 0.933 bits per heavy atom.